The van der Waals surface area contributed by atoms with E-state index in [0.29, 0.717) is 0 Å². The number of hydrogen-bond donors (Lipinski definition) is 2. The fourth-order valence-corrected chi connectivity index (χ4v) is 1.04. The number of aliphatic imine (C=N–C) groups is 1. The van der Waals surface area contributed by atoms with E-state index >= 15 is 0 Å². The number of nitrogens with zero attached hydrogens (tertiary/aromatic N) is 2. The van der Waals surface area contributed by atoms with E-state index in [1.54, 1.807) is 0 Å². The summed E-state index contributed by atoms with van der Waals surface area (Å²) in [7, 11) is 2.12. The minimum Gasteiger partial charge on any atom is -0.355 e. The molecule has 0 spiro atoms. The Morgan fingerprint density at radius 3 is 3.08 bits per heavy atom. The van der Waals surface area contributed by atoms with Crippen LogP contribution < -0.4 is 10.6 Å². The zero-order valence-electron chi connectivity index (χ0n) is 7.93. The van der Waals surface area contributed by atoms with E-state index in [1.807, 2.05) is 0 Å². The highest BCUT2D eigenvalue weighted by molar-refractivity contribution is 5.81. The lowest BCUT2D eigenvalue weighted by Crippen LogP contribution is -2.38. The Hall–Kier alpha value is -0.770. The van der Waals surface area contributed by atoms with Crippen molar-refractivity contribution in [1.82, 2.24) is 15.5 Å². The molecule has 1 aliphatic heterocycles. The van der Waals surface area contributed by atoms with Crippen LogP contribution in [-0.2, 0) is 0 Å². The number of rotatable bonds is 4. The first kappa shape index (κ1) is 9.32. The maximum Gasteiger partial charge on any atom is 0.191 e. The molecule has 4 nitrogen and oxygen atoms in total. The highest BCUT2D eigenvalue weighted by Gasteiger charge is 2.02. The van der Waals surface area contributed by atoms with Gasteiger partial charge in [-0.3, -0.25) is 4.99 Å². The minimum absolute atomic E-state index is 0.909. The van der Waals surface area contributed by atoms with E-state index in [-0.39, 0.29) is 0 Å². The SMILES string of the molecule is CCN(C)CCNC1=NCCN1. The summed E-state index contributed by atoms with van der Waals surface area (Å²) in [6.45, 7) is 7.18. The summed E-state index contributed by atoms with van der Waals surface area (Å²) < 4.78 is 0. The van der Waals surface area contributed by atoms with Gasteiger partial charge in [0.05, 0.1) is 6.54 Å². The average molecular weight is 170 g/mol. The summed E-state index contributed by atoms with van der Waals surface area (Å²) in [5.74, 6) is 0.958. The molecule has 4 heteroatoms. The Labute approximate surface area is 74.0 Å². The number of guanidine groups is 1. The summed E-state index contributed by atoms with van der Waals surface area (Å²) >= 11 is 0. The second-order valence-corrected chi connectivity index (χ2v) is 2.98. The third kappa shape index (κ3) is 3.09. The van der Waals surface area contributed by atoms with Crippen LogP contribution in [0.1, 0.15) is 6.92 Å². The maximum absolute atomic E-state index is 4.23. The van der Waals surface area contributed by atoms with Crippen molar-refractivity contribution in [2.24, 2.45) is 4.99 Å². The quantitative estimate of drug-likeness (QED) is 0.597. The van der Waals surface area contributed by atoms with Crippen molar-refractivity contribution in [2.75, 3.05) is 39.8 Å². The standard InChI is InChI=1S/C8H18N4/c1-3-12(2)7-6-11-8-9-4-5-10-8/h3-7H2,1-2H3,(H2,9,10,11). The number of likely N-dealkylation sites (N-methyl/N-ethyl adjacent to an activating group) is 1. The Bertz CT molecular complexity index is 155. The van der Waals surface area contributed by atoms with Crippen LogP contribution >= 0.6 is 0 Å². The molecular formula is C8H18N4. The molecule has 0 aliphatic carbocycles. The molecule has 0 atom stereocenters. The van der Waals surface area contributed by atoms with Gasteiger partial charge in [0.25, 0.3) is 0 Å². The molecule has 1 aliphatic rings. The molecule has 12 heavy (non-hydrogen) atoms. The summed E-state index contributed by atoms with van der Waals surface area (Å²) in [5, 5.41) is 6.41. The van der Waals surface area contributed by atoms with Crippen LogP contribution in [0.3, 0.4) is 0 Å². The van der Waals surface area contributed by atoms with Crippen molar-refractivity contribution in [2.45, 2.75) is 6.92 Å². The van der Waals surface area contributed by atoms with Crippen molar-refractivity contribution >= 4 is 5.96 Å². The predicted molar refractivity (Wildman–Crippen MR) is 51.5 cm³/mol. The van der Waals surface area contributed by atoms with E-state index in [4.69, 9.17) is 0 Å². The Kier molecular flexibility index (Phi) is 3.87. The second-order valence-electron chi connectivity index (χ2n) is 2.98. The predicted octanol–water partition coefficient (Wildman–Crippen LogP) is -0.513. The first-order valence-corrected chi connectivity index (χ1v) is 4.53. The van der Waals surface area contributed by atoms with Crippen LogP contribution in [0.25, 0.3) is 0 Å². The number of nitrogens with one attached hydrogen (secondary N) is 2. The summed E-state index contributed by atoms with van der Waals surface area (Å²) in [5.41, 5.74) is 0. The lowest BCUT2D eigenvalue weighted by molar-refractivity contribution is 0.357. The van der Waals surface area contributed by atoms with Crippen molar-refractivity contribution in [3.8, 4) is 0 Å². The Morgan fingerprint density at radius 2 is 2.50 bits per heavy atom. The van der Waals surface area contributed by atoms with Gasteiger partial charge in [-0.25, -0.2) is 0 Å². The maximum atomic E-state index is 4.23. The lowest BCUT2D eigenvalue weighted by Gasteiger charge is -2.14. The van der Waals surface area contributed by atoms with Crippen LogP contribution in [0.2, 0.25) is 0 Å². The van der Waals surface area contributed by atoms with E-state index in [0.717, 1.165) is 38.7 Å². The van der Waals surface area contributed by atoms with Gasteiger partial charge in [0.1, 0.15) is 0 Å². The van der Waals surface area contributed by atoms with Gasteiger partial charge in [-0.05, 0) is 13.6 Å². The molecule has 0 amide bonds. The Balaban J connectivity index is 2.01. The van der Waals surface area contributed by atoms with Crippen molar-refractivity contribution in [1.29, 1.82) is 0 Å². The van der Waals surface area contributed by atoms with Gasteiger partial charge in [-0.15, -0.1) is 0 Å². The zero-order valence-corrected chi connectivity index (χ0v) is 7.93. The monoisotopic (exact) mass is 170 g/mol. The highest BCUT2D eigenvalue weighted by atomic mass is 15.2. The Morgan fingerprint density at radius 1 is 1.67 bits per heavy atom. The summed E-state index contributed by atoms with van der Waals surface area (Å²) in [6.07, 6.45) is 0. The van der Waals surface area contributed by atoms with Gasteiger partial charge in [0.15, 0.2) is 5.96 Å². The van der Waals surface area contributed by atoms with Crippen LogP contribution in [0.5, 0.6) is 0 Å². The van der Waals surface area contributed by atoms with Crippen molar-refractivity contribution < 1.29 is 0 Å². The molecule has 0 saturated carbocycles. The van der Waals surface area contributed by atoms with Crippen LogP contribution in [0.4, 0.5) is 0 Å². The molecule has 1 rings (SSSR count). The second kappa shape index (κ2) is 4.98. The van der Waals surface area contributed by atoms with Crippen LogP contribution in [0.15, 0.2) is 4.99 Å². The van der Waals surface area contributed by atoms with E-state index in [1.165, 1.54) is 0 Å². The molecule has 0 aromatic rings. The topological polar surface area (TPSA) is 39.7 Å². The van der Waals surface area contributed by atoms with Gasteiger partial charge in [0, 0.05) is 19.6 Å². The fraction of sp³-hybridized carbons (Fsp3) is 0.875. The molecule has 1 heterocycles. The third-order valence-corrected chi connectivity index (χ3v) is 2.00. The van der Waals surface area contributed by atoms with E-state index in [2.05, 4.69) is 34.5 Å². The molecule has 0 aromatic carbocycles. The van der Waals surface area contributed by atoms with Gasteiger partial charge in [-0.1, -0.05) is 6.92 Å². The van der Waals surface area contributed by atoms with Crippen molar-refractivity contribution in [3.63, 3.8) is 0 Å². The first-order valence-electron chi connectivity index (χ1n) is 4.53. The summed E-state index contributed by atoms with van der Waals surface area (Å²) in [6, 6.07) is 0. The molecule has 0 radical (unpaired) electrons. The average Bonchev–Trinajstić information content (AvgIpc) is 2.57. The van der Waals surface area contributed by atoms with Gasteiger partial charge in [-0.2, -0.15) is 0 Å². The molecule has 70 valence electrons. The normalized spacial score (nSPS) is 16.1. The van der Waals surface area contributed by atoms with Crippen molar-refractivity contribution in [3.05, 3.63) is 0 Å². The molecule has 0 bridgehead atoms. The number of hydrogen-bond acceptors (Lipinski definition) is 4. The molecule has 0 fully saturated rings. The third-order valence-electron chi connectivity index (χ3n) is 2.00. The van der Waals surface area contributed by atoms with E-state index in [9.17, 15) is 0 Å². The van der Waals surface area contributed by atoms with Gasteiger partial charge >= 0.3 is 0 Å². The minimum atomic E-state index is 0.909. The highest BCUT2D eigenvalue weighted by Crippen LogP contribution is 1.82. The van der Waals surface area contributed by atoms with Crippen LogP contribution in [-0.4, -0.2) is 50.6 Å². The van der Waals surface area contributed by atoms with Crippen LogP contribution in [0, 0.1) is 0 Å². The molecule has 0 unspecified atom stereocenters. The zero-order chi connectivity index (χ0) is 8.81. The lowest BCUT2D eigenvalue weighted by atomic mass is 10.5. The van der Waals surface area contributed by atoms with Gasteiger partial charge in [0.2, 0.25) is 0 Å². The largest absolute Gasteiger partial charge is 0.355 e. The smallest absolute Gasteiger partial charge is 0.191 e. The van der Waals surface area contributed by atoms with E-state index < -0.39 is 0 Å². The first-order chi connectivity index (χ1) is 5.83. The molecular weight excluding hydrogens is 152 g/mol. The fourth-order valence-electron chi connectivity index (χ4n) is 1.04. The molecule has 0 aromatic heterocycles. The molecule has 2 N–H and O–H groups in total. The summed E-state index contributed by atoms with van der Waals surface area (Å²) in [4.78, 5) is 6.50. The molecule has 0 saturated heterocycles. The van der Waals surface area contributed by atoms with Gasteiger partial charge < -0.3 is 15.5 Å².